The number of carbonyl (C=O) groups excluding carboxylic acids is 1. The van der Waals surface area contributed by atoms with Crippen molar-refractivity contribution >= 4 is 11.9 Å². The molecule has 0 aromatic heterocycles. The van der Waals surface area contributed by atoms with Crippen LogP contribution in [0, 0.1) is 0 Å². The van der Waals surface area contributed by atoms with Crippen LogP contribution in [-0.2, 0) is 11.3 Å². The number of hydrogen-bond donors (Lipinski definition) is 3. The van der Waals surface area contributed by atoms with Crippen LogP contribution in [-0.4, -0.2) is 31.5 Å². The highest BCUT2D eigenvalue weighted by Gasteiger charge is 2.01. The molecular weight excluding hydrogens is 264 g/mol. The lowest BCUT2D eigenvalue weighted by Crippen LogP contribution is -2.39. The van der Waals surface area contributed by atoms with Gasteiger partial charge in [0.2, 0.25) is 5.91 Å². The smallest absolute Gasteiger partial charge is 0.221 e. The maximum atomic E-state index is 11.5. The minimum atomic E-state index is 0.0725. The van der Waals surface area contributed by atoms with Crippen molar-refractivity contribution in [3.63, 3.8) is 0 Å². The summed E-state index contributed by atoms with van der Waals surface area (Å²) in [6.07, 6.45) is 1.41. The van der Waals surface area contributed by atoms with E-state index in [0.717, 1.165) is 31.0 Å². The fourth-order valence-electron chi connectivity index (χ4n) is 1.74. The van der Waals surface area contributed by atoms with Crippen LogP contribution >= 0.6 is 0 Å². The summed E-state index contributed by atoms with van der Waals surface area (Å²) >= 11 is 0. The van der Waals surface area contributed by atoms with Crippen LogP contribution in [0.2, 0.25) is 0 Å². The van der Waals surface area contributed by atoms with Gasteiger partial charge < -0.3 is 16.0 Å². The summed E-state index contributed by atoms with van der Waals surface area (Å²) in [6, 6.07) is 10.1. The second-order valence-electron chi connectivity index (χ2n) is 4.71. The highest BCUT2D eigenvalue weighted by Crippen LogP contribution is 1.99. The van der Waals surface area contributed by atoms with Gasteiger partial charge in [0.05, 0.1) is 6.54 Å². The van der Waals surface area contributed by atoms with Gasteiger partial charge in [-0.25, -0.2) is 4.99 Å². The van der Waals surface area contributed by atoms with Gasteiger partial charge in [0.15, 0.2) is 5.96 Å². The maximum Gasteiger partial charge on any atom is 0.221 e. The summed E-state index contributed by atoms with van der Waals surface area (Å²) in [4.78, 5) is 16.0. The number of hydrogen-bond acceptors (Lipinski definition) is 2. The van der Waals surface area contributed by atoms with E-state index in [0.29, 0.717) is 19.5 Å². The predicted molar refractivity (Wildman–Crippen MR) is 87.2 cm³/mol. The molecule has 116 valence electrons. The molecule has 0 bridgehead atoms. The lowest BCUT2D eigenvalue weighted by molar-refractivity contribution is -0.120. The summed E-state index contributed by atoms with van der Waals surface area (Å²) in [7, 11) is 0. The quantitative estimate of drug-likeness (QED) is 0.504. The minimum Gasteiger partial charge on any atom is -0.357 e. The molecule has 0 aliphatic carbocycles. The molecule has 1 aromatic carbocycles. The molecule has 1 aromatic rings. The van der Waals surface area contributed by atoms with Crippen LogP contribution in [0.25, 0.3) is 0 Å². The van der Waals surface area contributed by atoms with E-state index in [9.17, 15) is 4.79 Å². The van der Waals surface area contributed by atoms with Crippen LogP contribution in [0.5, 0.6) is 0 Å². The van der Waals surface area contributed by atoms with Crippen LogP contribution in [0.15, 0.2) is 35.3 Å². The highest BCUT2D eigenvalue weighted by atomic mass is 16.1. The third kappa shape index (κ3) is 7.97. The standard InChI is InChI=1S/C16H26N4O/c1-3-11-18-15(21)10-12-19-16(17-4-2)20-13-14-8-6-5-7-9-14/h5-9H,3-4,10-13H2,1-2H3,(H,18,21)(H2,17,19,20). The average Bonchev–Trinajstić information content (AvgIpc) is 2.51. The van der Waals surface area contributed by atoms with Crippen LogP contribution in [0.3, 0.4) is 0 Å². The third-order valence-electron chi connectivity index (χ3n) is 2.82. The Kier molecular flexibility index (Phi) is 8.68. The summed E-state index contributed by atoms with van der Waals surface area (Å²) in [6.45, 7) is 6.80. The topological polar surface area (TPSA) is 65.5 Å². The Hall–Kier alpha value is -2.04. The largest absolute Gasteiger partial charge is 0.357 e. The molecule has 0 aliphatic heterocycles. The molecular formula is C16H26N4O. The van der Waals surface area contributed by atoms with E-state index < -0.39 is 0 Å². The van der Waals surface area contributed by atoms with E-state index in [2.05, 4.69) is 20.9 Å². The Morgan fingerprint density at radius 2 is 1.81 bits per heavy atom. The first-order valence-corrected chi connectivity index (χ1v) is 7.59. The van der Waals surface area contributed by atoms with Gasteiger partial charge in [-0.3, -0.25) is 4.79 Å². The molecule has 0 fully saturated rings. The molecule has 1 amide bonds. The average molecular weight is 290 g/mol. The first kappa shape index (κ1) is 17.0. The molecule has 5 heteroatoms. The van der Waals surface area contributed by atoms with Crippen molar-refractivity contribution in [2.24, 2.45) is 4.99 Å². The molecule has 0 saturated carbocycles. The van der Waals surface area contributed by atoms with Gasteiger partial charge in [-0.15, -0.1) is 0 Å². The van der Waals surface area contributed by atoms with E-state index in [4.69, 9.17) is 0 Å². The Labute approximate surface area is 127 Å². The molecule has 0 heterocycles. The zero-order valence-corrected chi connectivity index (χ0v) is 13.0. The van der Waals surface area contributed by atoms with Gasteiger partial charge in [-0.2, -0.15) is 0 Å². The summed E-state index contributed by atoms with van der Waals surface area (Å²) in [5, 5.41) is 9.21. The third-order valence-corrected chi connectivity index (χ3v) is 2.82. The minimum absolute atomic E-state index is 0.0725. The second-order valence-corrected chi connectivity index (χ2v) is 4.71. The molecule has 0 saturated heterocycles. The van der Waals surface area contributed by atoms with E-state index >= 15 is 0 Å². The van der Waals surface area contributed by atoms with Crippen molar-refractivity contribution in [3.8, 4) is 0 Å². The molecule has 5 nitrogen and oxygen atoms in total. The second kappa shape index (κ2) is 10.7. The lowest BCUT2D eigenvalue weighted by Gasteiger charge is -2.11. The van der Waals surface area contributed by atoms with E-state index in [1.165, 1.54) is 0 Å². The van der Waals surface area contributed by atoms with Crippen molar-refractivity contribution in [3.05, 3.63) is 35.9 Å². The normalized spacial score (nSPS) is 11.0. The van der Waals surface area contributed by atoms with Gasteiger partial charge in [0, 0.05) is 26.1 Å². The SMILES string of the molecule is CCCNC(=O)CCNC(=NCc1ccccc1)NCC. The van der Waals surface area contributed by atoms with E-state index in [-0.39, 0.29) is 5.91 Å². The summed E-state index contributed by atoms with van der Waals surface area (Å²) < 4.78 is 0. The van der Waals surface area contributed by atoms with Crippen molar-refractivity contribution in [1.82, 2.24) is 16.0 Å². The van der Waals surface area contributed by atoms with E-state index in [1.54, 1.807) is 0 Å². The molecule has 3 N–H and O–H groups in total. The number of rotatable bonds is 8. The number of nitrogens with zero attached hydrogens (tertiary/aromatic N) is 1. The maximum absolute atomic E-state index is 11.5. The Balaban J connectivity index is 2.37. The van der Waals surface area contributed by atoms with Crippen molar-refractivity contribution < 1.29 is 4.79 Å². The highest BCUT2D eigenvalue weighted by molar-refractivity contribution is 5.81. The number of guanidine groups is 1. The zero-order chi connectivity index (χ0) is 15.3. The number of carbonyl (C=O) groups is 1. The fourth-order valence-corrected chi connectivity index (χ4v) is 1.74. The summed E-state index contributed by atoms with van der Waals surface area (Å²) in [5.74, 6) is 0.813. The molecule has 0 unspecified atom stereocenters. The molecule has 21 heavy (non-hydrogen) atoms. The first-order valence-electron chi connectivity index (χ1n) is 7.59. The predicted octanol–water partition coefficient (Wildman–Crippen LogP) is 1.66. The molecule has 0 atom stereocenters. The monoisotopic (exact) mass is 290 g/mol. The Bertz CT molecular complexity index is 431. The first-order chi connectivity index (χ1) is 10.3. The Morgan fingerprint density at radius 1 is 1.05 bits per heavy atom. The number of aliphatic imine (C=N–C) groups is 1. The molecule has 0 radical (unpaired) electrons. The van der Waals surface area contributed by atoms with Crippen molar-refractivity contribution in [2.75, 3.05) is 19.6 Å². The summed E-state index contributed by atoms with van der Waals surface area (Å²) in [5.41, 5.74) is 1.16. The molecule has 0 spiro atoms. The molecule has 0 aliphatic rings. The Morgan fingerprint density at radius 3 is 2.48 bits per heavy atom. The van der Waals surface area contributed by atoms with E-state index in [1.807, 2.05) is 44.2 Å². The lowest BCUT2D eigenvalue weighted by atomic mass is 10.2. The van der Waals surface area contributed by atoms with Crippen LogP contribution in [0.1, 0.15) is 32.3 Å². The van der Waals surface area contributed by atoms with Crippen LogP contribution < -0.4 is 16.0 Å². The van der Waals surface area contributed by atoms with Crippen LogP contribution in [0.4, 0.5) is 0 Å². The van der Waals surface area contributed by atoms with Gasteiger partial charge >= 0.3 is 0 Å². The number of benzene rings is 1. The van der Waals surface area contributed by atoms with Gasteiger partial charge in [0.1, 0.15) is 0 Å². The van der Waals surface area contributed by atoms with Crippen molar-refractivity contribution in [1.29, 1.82) is 0 Å². The zero-order valence-electron chi connectivity index (χ0n) is 13.0. The number of amides is 1. The van der Waals surface area contributed by atoms with Crippen molar-refractivity contribution in [2.45, 2.75) is 33.2 Å². The molecule has 1 rings (SSSR count). The van der Waals surface area contributed by atoms with Gasteiger partial charge in [0.25, 0.3) is 0 Å². The van der Waals surface area contributed by atoms with Gasteiger partial charge in [-0.1, -0.05) is 37.3 Å². The number of nitrogens with one attached hydrogen (secondary N) is 3. The fraction of sp³-hybridized carbons (Fsp3) is 0.500. The van der Waals surface area contributed by atoms with Gasteiger partial charge in [-0.05, 0) is 18.9 Å².